The molecule has 0 aliphatic carbocycles. The number of para-hydroxylation sites is 1. The molecule has 0 unspecified atom stereocenters. The normalized spacial score (nSPS) is 9.55. The van der Waals surface area contributed by atoms with Gasteiger partial charge in [0.1, 0.15) is 0 Å². The van der Waals surface area contributed by atoms with Crippen LogP contribution in [0.25, 0.3) is 11.0 Å². The van der Waals surface area contributed by atoms with Crippen LogP contribution in [0.15, 0.2) is 18.2 Å². The van der Waals surface area contributed by atoms with Crippen LogP contribution >= 0.6 is 0 Å². The van der Waals surface area contributed by atoms with Crippen molar-refractivity contribution < 1.29 is 32.7 Å². The Balaban J connectivity index is 0.000000605. The molecule has 0 atom stereocenters. The number of hydrogen-bond donors (Lipinski definition) is 1. The summed E-state index contributed by atoms with van der Waals surface area (Å²) in [5.74, 6) is 0.942. The molecule has 2 aromatic rings. The number of rotatable bonds is 0. The van der Waals surface area contributed by atoms with Crippen LogP contribution in [0.2, 0.25) is 0 Å². The van der Waals surface area contributed by atoms with E-state index in [2.05, 4.69) is 16.0 Å². The average Bonchev–Trinajstić information content (AvgIpc) is 2.27. The van der Waals surface area contributed by atoms with Crippen LogP contribution in [0.5, 0.6) is 0 Å². The van der Waals surface area contributed by atoms with E-state index in [1.807, 2.05) is 25.1 Å². The zero-order chi connectivity index (χ0) is 6.97. The van der Waals surface area contributed by atoms with Gasteiger partial charge in [0.15, 0.2) is 0 Å². The van der Waals surface area contributed by atoms with Gasteiger partial charge in [-0.3, -0.25) is 0 Å². The van der Waals surface area contributed by atoms with E-state index in [0.29, 0.717) is 0 Å². The van der Waals surface area contributed by atoms with Crippen molar-refractivity contribution >= 4 is 11.0 Å². The maximum absolute atomic E-state index is 4.23. The molecule has 0 spiro atoms. The minimum atomic E-state index is 0. The van der Waals surface area contributed by atoms with E-state index >= 15 is 0 Å². The van der Waals surface area contributed by atoms with Gasteiger partial charge in [0.2, 0.25) is 0 Å². The van der Waals surface area contributed by atoms with E-state index in [-0.39, 0.29) is 32.7 Å². The number of aromatic nitrogens is 2. The van der Waals surface area contributed by atoms with Crippen molar-refractivity contribution in [3.8, 4) is 0 Å². The third-order valence-corrected chi connectivity index (χ3v) is 1.43. The molecule has 0 aliphatic heterocycles. The number of fused-ring (bicyclic) bond motifs is 1. The van der Waals surface area contributed by atoms with Gasteiger partial charge < -0.3 is 9.97 Å². The van der Waals surface area contributed by atoms with E-state index in [0.717, 1.165) is 16.9 Å². The molecule has 53 valence electrons. The van der Waals surface area contributed by atoms with Crippen molar-refractivity contribution in [1.82, 2.24) is 9.97 Å². The fourth-order valence-corrected chi connectivity index (χ4v) is 1.01. The predicted octanol–water partition coefficient (Wildman–Crippen LogP) is 1.67. The molecule has 3 heteroatoms. The Bertz CT molecular complexity index is 321. The van der Waals surface area contributed by atoms with Crippen LogP contribution in [0, 0.1) is 13.0 Å². The zero-order valence-electron chi connectivity index (χ0n) is 6.26. The summed E-state index contributed by atoms with van der Waals surface area (Å²) in [5, 5.41) is 0. The van der Waals surface area contributed by atoms with Gasteiger partial charge in [0, 0.05) is 32.7 Å². The van der Waals surface area contributed by atoms with Crippen molar-refractivity contribution in [2.75, 3.05) is 0 Å². The Morgan fingerprint density at radius 1 is 1.55 bits per heavy atom. The number of nitrogens with zero attached hydrogens (tertiary/aromatic N) is 1. The van der Waals surface area contributed by atoms with Gasteiger partial charge in [-0.15, -0.1) is 6.07 Å². The van der Waals surface area contributed by atoms with Crippen LogP contribution in [-0.2, 0) is 32.7 Å². The van der Waals surface area contributed by atoms with Gasteiger partial charge in [-0.05, 0) is 18.0 Å². The van der Waals surface area contributed by atoms with Crippen LogP contribution in [0.3, 0.4) is 0 Å². The van der Waals surface area contributed by atoms with Crippen molar-refractivity contribution in [3.05, 3.63) is 30.1 Å². The van der Waals surface area contributed by atoms with Gasteiger partial charge in [0.05, 0.1) is 5.82 Å². The minimum Gasteiger partial charge on any atom is -0.366 e. The summed E-state index contributed by atoms with van der Waals surface area (Å²) in [6.45, 7) is 1.94. The monoisotopic (exact) mass is 220 g/mol. The van der Waals surface area contributed by atoms with Crippen molar-refractivity contribution in [3.63, 3.8) is 0 Å². The smallest absolute Gasteiger partial charge is 0.0882 e. The van der Waals surface area contributed by atoms with Crippen molar-refractivity contribution in [2.24, 2.45) is 0 Å². The van der Waals surface area contributed by atoms with Crippen molar-refractivity contribution in [1.29, 1.82) is 0 Å². The van der Waals surface area contributed by atoms with Gasteiger partial charge in [-0.2, -0.15) is 18.2 Å². The first kappa shape index (κ1) is 8.89. The molecule has 2 rings (SSSR count). The summed E-state index contributed by atoms with van der Waals surface area (Å²) in [6, 6.07) is 8.83. The van der Waals surface area contributed by atoms with Crippen LogP contribution < -0.4 is 0 Å². The van der Waals surface area contributed by atoms with Gasteiger partial charge in [-0.25, -0.2) is 0 Å². The van der Waals surface area contributed by atoms with Crippen LogP contribution in [-0.4, -0.2) is 9.97 Å². The second kappa shape index (κ2) is 3.46. The fourth-order valence-electron chi connectivity index (χ4n) is 1.01. The van der Waals surface area contributed by atoms with E-state index in [1.165, 1.54) is 0 Å². The number of nitrogens with one attached hydrogen (secondary N) is 1. The topological polar surface area (TPSA) is 28.7 Å². The summed E-state index contributed by atoms with van der Waals surface area (Å²) in [6.07, 6.45) is 0. The fraction of sp³-hybridized carbons (Fsp3) is 0.125. The molecular formula is C8H7N2Y-. The first-order valence-corrected chi connectivity index (χ1v) is 3.19. The van der Waals surface area contributed by atoms with E-state index in [9.17, 15) is 0 Å². The quantitative estimate of drug-likeness (QED) is 0.672. The van der Waals surface area contributed by atoms with E-state index in [1.54, 1.807) is 0 Å². The van der Waals surface area contributed by atoms with Crippen molar-refractivity contribution in [2.45, 2.75) is 6.92 Å². The largest absolute Gasteiger partial charge is 0.366 e. The second-order valence-corrected chi connectivity index (χ2v) is 2.25. The average molecular weight is 220 g/mol. The Hall–Kier alpha value is -0.206. The molecule has 0 bridgehead atoms. The third kappa shape index (κ3) is 1.68. The summed E-state index contributed by atoms with van der Waals surface area (Å²) in [4.78, 5) is 7.32. The second-order valence-electron chi connectivity index (χ2n) is 2.25. The standard InChI is InChI=1S/C8H7N2.Y/c1-6-9-7-4-2-3-5-8(7)10-6;/h2-4H,1H3,(H,9,10);/q-1;. The molecule has 0 saturated carbocycles. The van der Waals surface area contributed by atoms with Crippen LogP contribution in [0.1, 0.15) is 5.82 Å². The van der Waals surface area contributed by atoms with E-state index in [4.69, 9.17) is 0 Å². The Morgan fingerprint density at radius 3 is 3.09 bits per heavy atom. The first-order chi connectivity index (χ1) is 4.86. The molecular weight excluding hydrogens is 213 g/mol. The Morgan fingerprint density at radius 2 is 2.36 bits per heavy atom. The number of benzene rings is 1. The molecule has 1 N–H and O–H groups in total. The molecule has 11 heavy (non-hydrogen) atoms. The number of aryl methyl sites for hydroxylation is 1. The zero-order valence-corrected chi connectivity index (χ0v) is 9.09. The summed E-state index contributed by atoms with van der Waals surface area (Å²) in [7, 11) is 0. The summed E-state index contributed by atoms with van der Waals surface area (Å²) < 4.78 is 0. The number of H-pyrrole nitrogens is 1. The maximum Gasteiger partial charge on any atom is 0.0882 e. The molecule has 0 aliphatic rings. The number of aromatic amines is 1. The molecule has 1 aromatic heterocycles. The predicted molar refractivity (Wildman–Crippen MR) is 39.7 cm³/mol. The van der Waals surface area contributed by atoms with Gasteiger partial charge >= 0.3 is 0 Å². The van der Waals surface area contributed by atoms with E-state index < -0.39 is 0 Å². The van der Waals surface area contributed by atoms with Crippen LogP contribution in [0.4, 0.5) is 0 Å². The molecule has 2 nitrogen and oxygen atoms in total. The molecule has 1 radical (unpaired) electrons. The third-order valence-electron chi connectivity index (χ3n) is 1.43. The molecule has 0 amide bonds. The first-order valence-electron chi connectivity index (χ1n) is 3.19. The molecule has 0 saturated heterocycles. The summed E-state index contributed by atoms with van der Waals surface area (Å²) >= 11 is 0. The number of imidazole rings is 1. The van der Waals surface area contributed by atoms with Gasteiger partial charge in [0.25, 0.3) is 0 Å². The number of hydrogen-bond acceptors (Lipinski definition) is 1. The molecule has 0 fully saturated rings. The Labute approximate surface area is 90.3 Å². The SMILES string of the molecule is Cc1nc2ccc[c-]c2[nH]1.[Y]. The molecule has 1 heterocycles. The molecule has 1 aromatic carbocycles. The maximum atomic E-state index is 4.23. The Kier molecular flexibility index (Phi) is 2.80. The van der Waals surface area contributed by atoms with Gasteiger partial charge in [-0.1, -0.05) is 0 Å². The summed E-state index contributed by atoms with van der Waals surface area (Å²) in [5.41, 5.74) is 1.97. The minimum absolute atomic E-state index is 0.